The highest BCUT2D eigenvalue weighted by molar-refractivity contribution is 7.89. The van der Waals surface area contributed by atoms with Crippen molar-refractivity contribution in [2.45, 2.75) is 24.8 Å². The molecule has 0 aliphatic heterocycles. The van der Waals surface area contributed by atoms with Crippen LogP contribution in [0.5, 0.6) is 11.5 Å². The number of carbonyl (C=O) groups excluding carboxylic acids is 3. The van der Waals surface area contributed by atoms with Gasteiger partial charge in [-0.15, -0.1) is 0 Å². The summed E-state index contributed by atoms with van der Waals surface area (Å²) in [5.41, 5.74) is 4.72. The van der Waals surface area contributed by atoms with Gasteiger partial charge in [0.25, 0.3) is 17.7 Å². The number of benzene rings is 2. The van der Waals surface area contributed by atoms with Gasteiger partial charge in [0.15, 0.2) is 11.5 Å². The van der Waals surface area contributed by atoms with Gasteiger partial charge in [-0.05, 0) is 50.2 Å². The highest BCUT2D eigenvalue weighted by atomic mass is 32.2. The second-order valence-corrected chi connectivity index (χ2v) is 9.68. The summed E-state index contributed by atoms with van der Waals surface area (Å²) in [5.74, 6) is -1.11. The monoisotopic (exact) mass is 492 g/mol. The third-order valence-corrected chi connectivity index (χ3v) is 6.20. The molecule has 2 aromatic carbocycles. The van der Waals surface area contributed by atoms with E-state index in [0.29, 0.717) is 11.5 Å². The molecule has 0 aliphatic rings. The smallest absolute Gasteiger partial charge is 0.269 e. The topological polar surface area (TPSA) is 143 Å². The van der Waals surface area contributed by atoms with E-state index in [1.165, 1.54) is 57.6 Å². The molecule has 0 aliphatic carbocycles. The molecule has 0 spiro atoms. The fraction of sp³-hybridized carbons (Fsp3) is 0.318. The lowest BCUT2D eigenvalue weighted by molar-refractivity contribution is -0.120. The Morgan fingerprint density at radius 3 is 2.24 bits per heavy atom. The van der Waals surface area contributed by atoms with Crippen molar-refractivity contribution >= 4 is 27.7 Å². The highest BCUT2D eigenvalue weighted by Crippen LogP contribution is 2.28. The first-order valence-electron chi connectivity index (χ1n) is 10.2. The third-order valence-electron chi connectivity index (χ3n) is 4.39. The lowest BCUT2D eigenvalue weighted by atomic mass is 10.2. The van der Waals surface area contributed by atoms with Gasteiger partial charge in [0.2, 0.25) is 10.0 Å². The molecule has 0 unspecified atom stereocenters. The van der Waals surface area contributed by atoms with E-state index in [1.807, 2.05) is 13.8 Å². The Labute approximate surface area is 198 Å². The zero-order valence-corrected chi connectivity index (χ0v) is 20.4. The van der Waals surface area contributed by atoms with Crippen molar-refractivity contribution in [1.82, 2.24) is 20.5 Å². The van der Waals surface area contributed by atoms with E-state index >= 15 is 0 Å². The van der Waals surface area contributed by atoms with Crippen LogP contribution in [0.15, 0.2) is 47.4 Å². The molecule has 0 radical (unpaired) electrons. The number of carbonyl (C=O) groups is 3. The molecule has 3 N–H and O–H groups in total. The largest absolute Gasteiger partial charge is 0.493 e. The number of amides is 3. The summed E-state index contributed by atoms with van der Waals surface area (Å²) in [6.07, 6.45) is -0.0806. The van der Waals surface area contributed by atoms with E-state index in [-0.39, 0.29) is 22.1 Å². The van der Waals surface area contributed by atoms with Crippen LogP contribution in [-0.2, 0) is 14.8 Å². The number of rotatable bonds is 9. The Hall–Kier alpha value is -3.64. The van der Waals surface area contributed by atoms with Crippen LogP contribution in [-0.4, -0.2) is 64.3 Å². The zero-order chi connectivity index (χ0) is 25.5. The highest BCUT2D eigenvalue weighted by Gasteiger charge is 2.19. The maximum atomic E-state index is 12.3. The summed E-state index contributed by atoms with van der Waals surface area (Å²) in [7, 11) is 0.491. The standard InChI is InChI=1S/C22H28N4O7S/c1-14(2)33-18-10-9-16(12-19(18)32-5)22(29)25-24-20(27)13-23-21(28)15-7-6-8-17(11-15)34(30,31)26(3)4/h6-12,14H,13H2,1-5H3,(H,23,28)(H,24,27)(H,25,29). The van der Waals surface area contributed by atoms with Gasteiger partial charge in [-0.1, -0.05) is 6.07 Å². The van der Waals surface area contributed by atoms with Gasteiger partial charge in [0, 0.05) is 25.2 Å². The maximum Gasteiger partial charge on any atom is 0.269 e. The molecule has 3 amide bonds. The van der Waals surface area contributed by atoms with E-state index in [1.54, 1.807) is 6.07 Å². The van der Waals surface area contributed by atoms with E-state index in [0.717, 1.165) is 4.31 Å². The van der Waals surface area contributed by atoms with Crippen molar-refractivity contribution in [3.8, 4) is 11.5 Å². The molecule has 2 aromatic rings. The number of hydrazine groups is 1. The number of hydrogen-bond acceptors (Lipinski definition) is 7. The summed E-state index contributed by atoms with van der Waals surface area (Å²) in [4.78, 5) is 36.6. The number of methoxy groups -OCH3 is 1. The van der Waals surface area contributed by atoms with Crippen molar-refractivity contribution in [2.75, 3.05) is 27.7 Å². The van der Waals surface area contributed by atoms with E-state index in [2.05, 4.69) is 16.2 Å². The molecule has 0 saturated heterocycles. The minimum atomic E-state index is -3.71. The first kappa shape index (κ1) is 26.6. The summed E-state index contributed by atoms with van der Waals surface area (Å²) >= 11 is 0. The number of nitrogens with one attached hydrogen (secondary N) is 3. The van der Waals surface area contributed by atoms with Crippen LogP contribution in [0.3, 0.4) is 0 Å². The number of sulfonamides is 1. The Bertz CT molecular complexity index is 1160. The van der Waals surface area contributed by atoms with Crippen molar-refractivity contribution in [3.63, 3.8) is 0 Å². The fourth-order valence-electron chi connectivity index (χ4n) is 2.67. The maximum absolute atomic E-state index is 12.3. The predicted molar refractivity (Wildman–Crippen MR) is 124 cm³/mol. The Kier molecular flexibility index (Phi) is 8.98. The Morgan fingerprint density at radius 1 is 0.941 bits per heavy atom. The van der Waals surface area contributed by atoms with Crippen LogP contribution in [0.1, 0.15) is 34.6 Å². The quantitative estimate of drug-likeness (QED) is 0.442. The van der Waals surface area contributed by atoms with E-state index in [4.69, 9.17) is 9.47 Å². The first-order chi connectivity index (χ1) is 15.9. The molecule has 34 heavy (non-hydrogen) atoms. The Morgan fingerprint density at radius 2 is 1.62 bits per heavy atom. The van der Waals surface area contributed by atoms with Gasteiger partial charge in [0.05, 0.1) is 24.7 Å². The summed E-state index contributed by atoms with van der Waals surface area (Å²) in [5, 5.41) is 2.37. The number of hydrogen-bond donors (Lipinski definition) is 3. The van der Waals surface area contributed by atoms with Crippen molar-refractivity contribution in [2.24, 2.45) is 0 Å². The molecule has 0 saturated carbocycles. The van der Waals surface area contributed by atoms with Gasteiger partial charge in [0.1, 0.15) is 0 Å². The van der Waals surface area contributed by atoms with Gasteiger partial charge in [-0.3, -0.25) is 25.2 Å². The fourth-order valence-corrected chi connectivity index (χ4v) is 3.62. The second kappa shape index (κ2) is 11.5. The van der Waals surface area contributed by atoms with Crippen molar-refractivity contribution in [3.05, 3.63) is 53.6 Å². The predicted octanol–water partition coefficient (Wildman–Crippen LogP) is 0.924. The lowest BCUT2D eigenvalue weighted by Gasteiger charge is -2.14. The van der Waals surface area contributed by atoms with Gasteiger partial charge >= 0.3 is 0 Å². The van der Waals surface area contributed by atoms with Crippen LogP contribution in [0.2, 0.25) is 0 Å². The molecule has 11 nitrogen and oxygen atoms in total. The zero-order valence-electron chi connectivity index (χ0n) is 19.5. The van der Waals surface area contributed by atoms with Crippen molar-refractivity contribution in [1.29, 1.82) is 0 Å². The molecular weight excluding hydrogens is 464 g/mol. The van der Waals surface area contributed by atoms with E-state index in [9.17, 15) is 22.8 Å². The normalized spacial score (nSPS) is 11.1. The molecule has 12 heteroatoms. The van der Waals surface area contributed by atoms with E-state index < -0.39 is 34.3 Å². The molecule has 0 aromatic heterocycles. The Balaban J connectivity index is 1.93. The molecule has 0 heterocycles. The van der Waals surface area contributed by atoms with Crippen LogP contribution in [0.25, 0.3) is 0 Å². The van der Waals surface area contributed by atoms with Gasteiger partial charge in [-0.2, -0.15) is 0 Å². The van der Waals surface area contributed by atoms with Gasteiger partial charge < -0.3 is 14.8 Å². The summed E-state index contributed by atoms with van der Waals surface area (Å²) in [6.45, 7) is 3.27. The molecule has 0 bridgehead atoms. The van der Waals surface area contributed by atoms with Crippen LogP contribution >= 0.6 is 0 Å². The average Bonchev–Trinajstić information content (AvgIpc) is 2.80. The molecule has 0 fully saturated rings. The summed E-state index contributed by atoms with van der Waals surface area (Å²) in [6, 6.07) is 9.99. The molecule has 2 rings (SSSR count). The number of nitrogens with zero attached hydrogens (tertiary/aromatic N) is 1. The van der Waals surface area contributed by atoms with Crippen LogP contribution in [0, 0.1) is 0 Å². The second-order valence-electron chi connectivity index (χ2n) is 7.53. The first-order valence-corrected chi connectivity index (χ1v) is 11.6. The average molecular weight is 493 g/mol. The van der Waals surface area contributed by atoms with Crippen LogP contribution in [0.4, 0.5) is 0 Å². The van der Waals surface area contributed by atoms with Crippen molar-refractivity contribution < 1.29 is 32.3 Å². The number of ether oxygens (including phenoxy) is 2. The summed E-state index contributed by atoms with van der Waals surface area (Å²) < 4.78 is 36.3. The minimum Gasteiger partial charge on any atom is -0.493 e. The molecule has 184 valence electrons. The minimum absolute atomic E-state index is 0.0536. The van der Waals surface area contributed by atoms with Crippen LogP contribution < -0.4 is 25.6 Å². The van der Waals surface area contributed by atoms with Gasteiger partial charge in [-0.25, -0.2) is 12.7 Å². The lowest BCUT2D eigenvalue weighted by Crippen LogP contribution is -2.46. The third kappa shape index (κ3) is 6.93. The molecule has 0 atom stereocenters. The SMILES string of the molecule is COc1cc(C(=O)NNC(=O)CNC(=O)c2cccc(S(=O)(=O)N(C)C)c2)ccc1OC(C)C. The molecular formula is C22H28N4O7S.